The molecule has 6 nitrogen and oxygen atoms in total. The van der Waals surface area contributed by atoms with Gasteiger partial charge in [-0.25, -0.2) is 0 Å². The van der Waals surface area contributed by atoms with Gasteiger partial charge < -0.3 is 15.1 Å². The Morgan fingerprint density at radius 2 is 1.71 bits per heavy atom. The number of hydrogen-bond acceptors (Lipinski definition) is 4. The van der Waals surface area contributed by atoms with Crippen molar-refractivity contribution in [1.82, 2.24) is 20.0 Å². The molecule has 34 heavy (non-hydrogen) atoms. The van der Waals surface area contributed by atoms with Crippen LogP contribution in [0.15, 0.2) is 24.3 Å². The van der Waals surface area contributed by atoms with Gasteiger partial charge >= 0.3 is 0 Å². The number of amides is 2. The molecule has 2 amide bonds. The summed E-state index contributed by atoms with van der Waals surface area (Å²) in [5, 5.41) is 3.77. The zero-order valence-electron chi connectivity index (χ0n) is 20.7. The third-order valence-corrected chi connectivity index (χ3v) is 8.41. The Hall–Kier alpha value is -1.63. The molecule has 2 heterocycles. The molecule has 3 fully saturated rings. The van der Waals surface area contributed by atoms with Gasteiger partial charge in [0.1, 0.15) is 0 Å². The summed E-state index contributed by atoms with van der Waals surface area (Å²) in [5.41, 5.74) is 0.561. The van der Waals surface area contributed by atoms with Crippen molar-refractivity contribution in [2.24, 2.45) is 5.92 Å². The Morgan fingerprint density at radius 3 is 2.41 bits per heavy atom. The molecule has 188 valence electrons. The molecule has 4 rings (SSSR count). The van der Waals surface area contributed by atoms with Crippen molar-refractivity contribution in [1.29, 1.82) is 0 Å². The molecule has 1 aromatic rings. The fourth-order valence-corrected chi connectivity index (χ4v) is 6.26. The van der Waals surface area contributed by atoms with E-state index in [1.54, 1.807) is 12.1 Å². The van der Waals surface area contributed by atoms with Crippen LogP contribution in [0.25, 0.3) is 0 Å². The summed E-state index contributed by atoms with van der Waals surface area (Å²) < 4.78 is 0. The second-order valence-corrected chi connectivity index (χ2v) is 10.7. The maximum absolute atomic E-state index is 13.4. The lowest BCUT2D eigenvalue weighted by molar-refractivity contribution is -0.129. The fraction of sp³-hybridized carbons (Fsp3) is 0.704. The van der Waals surface area contributed by atoms with Crippen molar-refractivity contribution >= 4 is 23.4 Å². The van der Waals surface area contributed by atoms with E-state index in [9.17, 15) is 9.59 Å². The van der Waals surface area contributed by atoms with Gasteiger partial charge in [-0.3, -0.25) is 14.5 Å². The lowest BCUT2D eigenvalue weighted by Crippen LogP contribution is -2.58. The van der Waals surface area contributed by atoms with Crippen molar-refractivity contribution in [3.63, 3.8) is 0 Å². The third kappa shape index (κ3) is 6.32. The van der Waals surface area contributed by atoms with Crippen molar-refractivity contribution in [3.05, 3.63) is 34.9 Å². The van der Waals surface area contributed by atoms with Crippen LogP contribution in [0.3, 0.4) is 0 Å². The van der Waals surface area contributed by atoms with Crippen molar-refractivity contribution < 1.29 is 9.59 Å². The fourth-order valence-electron chi connectivity index (χ4n) is 6.05. The molecule has 0 aromatic heterocycles. The molecule has 2 atom stereocenters. The maximum Gasteiger partial charge on any atom is 0.255 e. The van der Waals surface area contributed by atoms with Crippen LogP contribution in [-0.2, 0) is 4.79 Å². The summed E-state index contributed by atoms with van der Waals surface area (Å²) in [6.07, 6.45) is 9.62. The van der Waals surface area contributed by atoms with Crippen molar-refractivity contribution in [2.45, 2.75) is 70.4 Å². The van der Waals surface area contributed by atoms with Gasteiger partial charge in [-0.05, 0) is 63.6 Å². The number of nitrogens with zero attached hydrogens (tertiary/aromatic N) is 3. The predicted molar refractivity (Wildman–Crippen MR) is 137 cm³/mol. The molecule has 0 bridgehead atoms. The first-order chi connectivity index (χ1) is 16.5. The lowest BCUT2D eigenvalue weighted by Gasteiger charge is -2.41. The molecule has 0 radical (unpaired) electrons. The van der Waals surface area contributed by atoms with Crippen LogP contribution in [-0.4, -0.2) is 84.4 Å². The molecular weight excluding hydrogens is 448 g/mol. The average molecular weight is 489 g/mol. The minimum Gasteiger partial charge on any atom is -0.355 e. The van der Waals surface area contributed by atoms with E-state index in [4.69, 9.17) is 11.6 Å². The number of rotatable bonds is 8. The Kier molecular flexibility index (Phi) is 9.26. The Bertz CT molecular complexity index is 821. The Labute approximate surface area is 210 Å². The number of nitrogens with one attached hydrogen (secondary N) is 1. The molecule has 1 N–H and O–H groups in total. The normalized spacial score (nSPS) is 23.7. The number of piperidine rings is 1. The third-order valence-electron chi connectivity index (χ3n) is 8.08. The topological polar surface area (TPSA) is 55.9 Å². The van der Waals surface area contributed by atoms with Crippen LogP contribution in [0.2, 0.25) is 5.02 Å². The molecular formula is C27H41ClN4O2. The van der Waals surface area contributed by atoms with Gasteiger partial charge in [-0.1, -0.05) is 43.0 Å². The number of piperazine rings is 1. The van der Waals surface area contributed by atoms with Crippen molar-refractivity contribution in [2.75, 3.05) is 45.8 Å². The van der Waals surface area contributed by atoms with Crippen LogP contribution in [0, 0.1) is 5.92 Å². The first-order valence-corrected chi connectivity index (χ1v) is 13.7. The highest BCUT2D eigenvalue weighted by atomic mass is 35.5. The SMILES string of the molecule is C[C@H]1CCCCN1CCCNC(=O)[C@@H](C1CCCC1)N1CCN(C(=O)c2ccccc2Cl)CC1. The zero-order valence-corrected chi connectivity index (χ0v) is 21.4. The van der Waals surface area contributed by atoms with E-state index in [1.807, 2.05) is 17.0 Å². The number of benzene rings is 1. The van der Waals surface area contributed by atoms with E-state index in [-0.39, 0.29) is 17.9 Å². The van der Waals surface area contributed by atoms with Crippen LogP contribution in [0.5, 0.6) is 0 Å². The summed E-state index contributed by atoms with van der Waals surface area (Å²) in [6, 6.07) is 7.83. The molecule has 0 unspecified atom stereocenters. The van der Waals surface area contributed by atoms with Crippen LogP contribution in [0.1, 0.15) is 68.6 Å². The number of carbonyl (C=O) groups excluding carboxylic acids is 2. The highest BCUT2D eigenvalue weighted by Crippen LogP contribution is 2.31. The molecule has 1 aliphatic carbocycles. The largest absolute Gasteiger partial charge is 0.355 e. The number of carbonyl (C=O) groups is 2. The van der Waals surface area contributed by atoms with E-state index < -0.39 is 0 Å². The molecule has 1 aromatic carbocycles. The van der Waals surface area contributed by atoms with Crippen LogP contribution in [0.4, 0.5) is 0 Å². The maximum atomic E-state index is 13.4. The summed E-state index contributed by atoms with van der Waals surface area (Å²) in [5.74, 6) is 0.594. The molecule has 3 aliphatic rings. The number of hydrogen-bond donors (Lipinski definition) is 1. The highest BCUT2D eigenvalue weighted by molar-refractivity contribution is 6.33. The lowest BCUT2D eigenvalue weighted by atomic mass is 9.95. The molecule has 7 heteroatoms. The Balaban J connectivity index is 1.29. The van der Waals surface area contributed by atoms with Crippen molar-refractivity contribution in [3.8, 4) is 0 Å². The predicted octanol–water partition coefficient (Wildman–Crippen LogP) is 4.04. The van der Waals surface area contributed by atoms with E-state index >= 15 is 0 Å². The van der Waals surface area contributed by atoms with Gasteiger partial charge in [0.05, 0.1) is 16.6 Å². The minimum atomic E-state index is -0.0750. The van der Waals surface area contributed by atoms with Crippen LogP contribution < -0.4 is 5.32 Å². The second kappa shape index (κ2) is 12.4. The Morgan fingerprint density at radius 1 is 1.00 bits per heavy atom. The second-order valence-electron chi connectivity index (χ2n) is 10.3. The van der Waals surface area contributed by atoms with E-state index in [2.05, 4.69) is 22.0 Å². The smallest absolute Gasteiger partial charge is 0.255 e. The first-order valence-electron chi connectivity index (χ1n) is 13.3. The van der Waals surface area contributed by atoms with E-state index in [0.717, 1.165) is 45.4 Å². The first kappa shape index (κ1) is 25.5. The number of likely N-dealkylation sites (tertiary alicyclic amines) is 1. The van der Waals surface area contributed by atoms with Gasteiger partial charge in [0.2, 0.25) is 5.91 Å². The highest BCUT2D eigenvalue weighted by Gasteiger charge is 2.37. The summed E-state index contributed by atoms with van der Waals surface area (Å²) in [7, 11) is 0. The van der Waals surface area contributed by atoms with Gasteiger partial charge in [-0.2, -0.15) is 0 Å². The van der Waals surface area contributed by atoms with Gasteiger partial charge in [0.15, 0.2) is 0 Å². The molecule has 2 saturated heterocycles. The van der Waals surface area contributed by atoms with E-state index in [1.165, 1.54) is 38.6 Å². The van der Waals surface area contributed by atoms with Gasteiger partial charge in [0, 0.05) is 45.3 Å². The number of halogens is 1. The summed E-state index contributed by atoms with van der Waals surface area (Å²) in [6.45, 7) is 8.06. The molecule has 2 aliphatic heterocycles. The van der Waals surface area contributed by atoms with Gasteiger partial charge in [0.25, 0.3) is 5.91 Å². The van der Waals surface area contributed by atoms with E-state index in [0.29, 0.717) is 35.6 Å². The monoisotopic (exact) mass is 488 g/mol. The molecule has 0 spiro atoms. The quantitative estimate of drug-likeness (QED) is 0.561. The minimum absolute atomic E-state index is 0.0148. The summed E-state index contributed by atoms with van der Waals surface area (Å²) in [4.78, 5) is 33.1. The standard InChI is InChI=1S/C27H41ClN4O2/c1-21-9-6-7-15-30(21)16-8-14-29-26(33)25(22-10-2-3-11-22)31-17-19-32(20-18-31)27(34)23-12-4-5-13-24(23)28/h4-5,12-13,21-22,25H,2-3,6-11,14-20H2,1H3,(H,29,33)/t21-,25+/m0/s1. The van der Waals surface area contributed by atoms with Gasteiger partial charge in [-0.15, -0.1) is 0 Å². The average Bonchev–Trinajstić information content (AvgIpc) is 3.38. The summed E-state index contributed by atoms with van der Waals surface area (Å²) >= 11 is 6.25. The van der Waals surface area contributed by atoms with Crippen LogP contribution >= 0.6 is 11.6 Å². The molecule has 1 saturated carbocycles. The zero-order chi connectivity index (χ0) is 23.9.